The third kappa shape index (κ3) is 5.53. The van der Waals surface area contributed by atoms with Crippen molar-refractivity contribution < 1.29 is 9.90 Å². The van der Waals surface area contributed by atoms with E-state index in [1.54, 1.807) is 14.0 Å². The van der Waals surface area contributed by atoms with Crippen LogP contribution in [0.25, 0.3) is 0 Å². The molecule has 0 saturated heterocycles. The predicted octanol–water partition coefficient (Wildman–Crippen LogP) is -1.30. The highest BCUT2D eigenvalue weighted by Gasteiger charge is 1.99. The summed E-state index contributed by atoms with van der Waals surface area (Å²) in [6, 6.07) is 0. The minimum atomic E-state index is -0.471. The van der Waals surface area contributed by atoms with Gasteiger partial charge in [-0.1, -0.05) is 0 Å². The van der Waals surface area contributed by atoms with Crippen LogP contribution < -0.4 is 10.6 Å². The smallest absolute Gasteiger partial charge is 0.234 e. The Morgan fingerprint density at radius 1 is 1.70 bits per heavy atom. The number of amides is 1. The summed E-state index contributed by atoms with van der Waals surface area (Å²) in [5.41, 5.74) is 0. The SMILES string of the molecule is CNCC(=O)NC[C@H](C)O. The van der Waals surface area contributed by atoms with Crippen LogP contribution in [0.5, 0.6) is 0 Å². The average Bonchev–Trinajstić information content (AvgIpc) is 1.85. The average molecular weight is 146 g/mol. The molecule has 0 bridgehead atoms. The van der Waals surface area contributed by atoms with Crippen molar-refractivity contribution in [1.29, 1.82) is 0 Å². The molecule has 1 atom stereocenters. The van der Waals surface area contributed by atoms with Gasteiger partial charge >= 0.3 is 0 Å². The first-order chi connectivity index (χ1) is 4.66. The molecule has 0 spiro atoms. The standard InChI is InChI=1S/C6H14N2O2/c1-5(9)3-8-6(10)4-7-2/h5,7,9H,3-4H2,1-2H3,(H,8,10)/t5-/m0/s1. The van der Waals surface area contributed by atoms with Gasteiger partial charge in [0.1, 0.15) is 0 Å². The summed E-state index contributed by atoms with van der Waals surface area (Å²) in [6.07, 6.45) is -0.471. The summed E-state index contributed by atoms with van der Waals surface area (Å²) in [5, 5.41) is 14.0. The molecule has 0 aromatic rings. The van der Waals surface area contributed by atoms with Crippen molar-refractivity contribution in [3.63, 3.8) is 0 Å². The Hall–Kier alpha value is -0.610. The Bertz CT molecular complexity index is 104. The lowest BCUT2D eigenvalue weighted by atomic mass is 10.4. The highest BCUT2D eigenvalue weighted by atomic mass is 16.3. The molecule has 10 heavy (non-hydrogen) atoms. The quantitative estimate of drug-likeness (QED) is 0.462. The molecule has 0 heterocycles. The molecule has 0 aliphatic rings. The first kappa shape index (κ1) is 9.39. The lowest BCUT2D eigenvalue weighted by Crippen LogP contribution is -2.36. The maximum absolute atomic E-state index is 10.7. The fourth-order valence-corrected chi connectivity index (χ4v) is 0.485. The maximum atomic E-state index is 10.7. The van der Waals surface area contributed by atoms with Crippen molar-refractivity contribution in [2.75, 3.05) is 20.1 Å². The zero-order valence-electron chi connectivity index (χ0n) is 6.35. The van der Waals surface area contributed by atoms with Crippen molar-refractivity contribution in [2.45, 2.75) is 13.0 Å². The van der Waals surface area contributed by atoms with Crippen LogP contribution in [-0.4, -0.2) is 37.3 Å². The fourth-order valence-electron chi connectivity index (χ4n) is 0.485. The predicted molar refractivity (Wildman–Crippen MR) is 38.6 cm³/mol. The lowest BCUT2D eigenvalue weighted by Gasteiger charge is -2.05. The van der Waals surface area contributed by atoms with Gasteiger partial charge in [0.25, 0.3) is 0 Å². The monoisotopic (exact) mass is 146 g/mol. The molecule has 3 N–H and O–H groups in total. The third-order valence-corrected chi connectivity index (χ3v) is 0.932. The molecule has 0 rings (SSSR count). The van der Waals surface area contributed by atoms with Crippen molar-refractivity contribution >= 4 is 5.91 Å². The first-order valence-corrected chi connectivity index (χ1v) is 3.26. The third-order valence-electron chi connectivity index (χ3n) is 0.932. The van der Waals surface area contributed by atoms with E-state index in [1.807, 2.05) is 0 Å². The molecule has 0 saturated carbocycles. The van der Waals surface area contributed by atoms with Gasteiger partial charge in [-0.2, -0.15) is 0 Å². The second-order valence-corrected chi connectivity index (χ2v) is 2.18. The number of carbonyl (C=O) groups is 1. The van der Waals surface area contributed by atoms with E-state index in [1.165, 1.54) is 0 Å². The molecule has 0 aromatic heterocycles. The Morgan fingerprint density at radius 2 is 2.30 bits per heavy atom. The number of aliphatic hydroxyl groups is 1. The van der Waals surface area contributed by atoms with Crippen molar-refractivity contribution in [3.05, 3.63) is 0 Å². The van der Waals surface area contributed by atoms with Crippen LogP contribution in [0, 0.1) is 0 Å². The number of hydrogen-bond acceptors (Lipinski definition) is 3. The van der Waals surface area contributed by atoms with Crippen LogP contribution in [0.3, 0.4) is 0 Å². The summed E-state index contributed by atoms with van der Waals surface area (Å²) in [6.45, 7) is 2.24. The van der Waals surface area contributed by atoms with Crippen molar-refractivity contribution in [2.24, 2.45) is 0 Å². The second-order valence-electron chi connectivity index (χ2n) is 2.18. The first-order valence-electron chi connectivity index (χ1n) is 3.26. The van der Waals surface area contributed by atoms with Crippen LogP contribution in [0.1, 0.15) is 6.92 Å². The Balaban J connectivity index is 3.22. The molecule has 0 aliphatic heterocycles. The van der Waals surface area contributed by atoms with E-state index in [0.29, 0.717) is 13.1 Å². The number of hydrogen-bond donors (Lipinski definition) is 3. The van der Waals surface area contributed by atoms with Crippen molar-refractivity contribution in [1.82, 2.24) is 10.6 Å². The molecule has 4 nitrogen and oxygen atoms in total. The molecule has 60 valence electrons. The largest absolute Gasteiger partial charge is 0.392 e. The van der Waals surface area contributed by atoms with Gasteiger partial charge < -0.3 is 15.7 Å². The minimum Gasteiger partial charge on any atom is -0.392 e. The fraction of sp³-hybridized carbons (Fsp3) is 0.833. The normalized spacial score (nSPS) is 12.7. The van der Waals surface area contributed by atoms with Gasteiger partial charge in [0.05, 0.1) is 12.6 Å². The zero-order valence-corrected chi connectivity index (χ0v) is 6.35. The molecular weight excluding hydrogens is 132 g/mol. The second kappa shape index (κ2) is 5.20. The van der Waals surface area contributed by atoms with Gasteiger partial charge in [-0.05, 0) is 14.0 Å². The Labute approximate surface area is 60.6 Å². The van der Waals surface area contributed by atoms with E-state index >= 15 is 0 Å². The number of nitrogens with one attached hydrogen (secondary N) is 2. The van der Waals surface area contributed by atoms with Gasteiger partial charge in [-0.15, -0.1) is 0 Å². The molecule has 0 fully saturated rings. The summed E-state index contributed by atoms with van der Waals surface area (Å²) in [5.74, 6) is -0.0941. The van der Waals surface area contributed by atoms with Crippen LogP contribution in [-0.2, 0) is 4.79 Å². The van der Waals surface area contributed by atoms with E-state index in [2.05, 4.69) is 10.6 Å². The number of carbonyl (C=O) groups excluding carboxylic acids is 1. The van der Waals surface area contributed by atoms with E-state index in [-0.39, 0.29) is 5.91 Å². The lowest BCUT2D eigenvalue weighted by molar-refractivity contribution is -0.120. The molecule has 0 radical (unpaired) electrons. The summed E-state index contributed by atoms with van der Waals surface area (Å²) < 4.78 is 0. The molecule has 0 unspecified atom stereocenters. The van der Waals surface area contributed by atoms with Crippen molar-refractivity contribution in [3.8, 4) is 0 Å². The molecule has 4 heteroatoms. The minimum absolute atomic E-state index is 0.0941. The Morgan fingerprint density at radius 3 is 2.70 bits per heavy atom. The summed E-state index contributed by atoms with van der Waals surface area (Å²) in [4.78, 5) is 10.7. The molecule has 0 aliphatic carbocycles. The van der Waals surface area contributed by atoms with E-state index in [0.717, 1.165) is 0 Å². The zero-order chi connectivity index (χ0) is 7.98. The maximum Gasteiger partial charge on any atom is 0.234 e. The topological polar surface area (TPSA) is 61.4 Å². The number of rotatable bonds is 4. The highest BCUT2D eigenvalue weighted by Crippen LogP contribution is 1.73. The van der Waals surface area contributed by atoms with Gasteiger partial charge in [0.15, 0.2) is 0 Å². The van der Waals surface area contributed by atoms with Crippen LogP contribution >= 0.6 is 0 Å². The molecule has 0 aromatic carbocycles. The summed E-state index contributed by atoms with van der Waals surface area (Å²) in [7, 11) is 1.70. The molecular formula is C6H14N2O2. The molecule has 1 amide bonds. The van der Waals surface area contributed by atoms with Crippen LogP contribution in [0.4, 0.5) is 0 Å². The van der Waals surface area contributed by atoms with E-state index in [9.17, 15) is 4.79 Å². The highest BCUT2D eigenvalue weighted by molar-refractivity contribution is 5.77. The Kier molecular flexibility index (Phi) is 4.88. The van der Waals surface area contributed by atoms with Gasteiger partial charge in [0.2, 0.25) is 5.91 Å². The van der Waals surface area contributed by atoms with E-state index < -0.39 is 6.10 Å². The van der Waals surface area contributed by atoms with Crippen LogP contribution in [0.2, 0.25) is 0 Å². The number of aliphatic hydroxyl groups excluding tert-OH is 1. The van der Waals surface area contributed by atoms with Crippen LogP contribution in [0.15, 0.2) is 0 Å². The summed E-state index contributed by atoms with van der Waals surface area (Å²) >= 11 is 0. The van der Waals surface area contributed by atoms with E-state index in [4.69, 9.17) is 5.11 Å². The number of likely N-dealkylation sites (N-methyl/N-ethyl adjacent to an activating group) is 1. The van der Waals surface area contributed by atoms with Gasteiger partial charge in [-0.25, -0.2) is 0 Å². The van der Waals surface area contributed by atoms with Gasteiger partial charge in [-0.3, -0.25) is 4.79 Å². The van der Waals surface area contributed by atoms with Gasteiger partial charge in [0, 0.05) is 6.54 Å².